The summed E-state index contributed by atoms with van der Waals surface area (Å²) in [4.78, 5) is 22.4. The summed E-state index contributed by atoms with van der Waals surface area (Å²) in [5.41, 5.74) is 11.0. The number of nitrogens with two attached hydrogens (primary N) is 1. The van der Waals surface area contributed by atoms with Crippen molar-refractivity contribution in [3.8, 4) is 11.1 Å². The number of nitrogens with one attached hydrogen (secondary N) is 2. The smallest absolute Gasteiger partial charge is 0.256 e. The third kappa shape index (κ3) is 3.06. The molecular weight excluding hydrogens is 376 g/mol. The molecule has 148 valence electrons. The van der Waals surface area contributed by atoms with Crippen molar-refractivity contribution >= 4 is 33.5 Å². The summed E-state index contributed by atoms with van der Waals surface area (Å²) < 4.78 is 0. The van der Waals surface area contributed by atoms with Crippen molar-refractivity contribution in [1.29, 1.82) is 0 Å². The molecule has 7 nitrogen and oxygen atoms in total. The highest BCUT2D eigenvalue weighted by atomic mass is 16.2. The number of hydrogen-bond acceptors (Lipinski definition) is 4. The van der Waals surface area contributed by atoms with Crippen LogP contribution in [0.15, 0.2) is 67.1 Å². The zero-order valence-corrected chi connectivity index (χ0v) is 16.4. The number of H-pyrrole nitrogens is 2. The maximum absolute atomic E-state index is 13.3. The Morgan fingerprint density at radius 2 is 1.97 bits per heavy atom. The second-order valence-electron chi connectivity index (χ2n) is 7.36. The Bertz CT molecular complexity index is 1370. The molecule has 0 fully saturated rings. The van der Waals surface area contributed by atoms with Crippen LogP contribution in [-0.4, -0.2) is 38.0 Å². The van der Waals surface area contributed by atoms with Crippen LogP contribution < -0.4 is 5.73 Å². The van der Waals surface area contributed by atoms with Gasteiger partial charge in [0, 0.05) is 36.1 Å². The lowest BCUT2D eigenvalue weighted by molar-refractivity contribution is 0.0787. The van der Waals surface area contributed by atoms with Gasteiger partial charge in [-0.25, -0.2) is 4.98 Å². The molecule has 0 aliphatic carbocycles. The van der Waals surface area contributed by atoms with Gasteiger partial charge in [0.1, 0.15) is 5.82 Å². The molecule has 30 heavy (non-hydrogen) atoms. The van der Waals surface area contributed by atoms with Crippen LogP contribution in [0, 0.1) is 0 Å². The van der Waals surface area contributed by atoms with Gasteiger partial charge in [-0.2, -0.15) is 5.10 Å². The Balaban J connectivity index is 1.59. The largest absolute Gasteiger partial charge is 0.384 e. The lowest BCUT2D eigenvalue weighted by Gasteiger charge is -2.18. The van der Waals surface area contributed by atoms with Crippen molar-refractivity contribution in [2.75, 3.05) is 12.8 Å². The van der Waals surface area contributed by atoms with Crippen molar-refractivity contribution in [1.82, 2.24) is 25.1 Å². The first-order valence-electron chi connectivity index (χ1n) is 9.59. The quantitative estimate of drug-likeness (QED) is 0.428. The van der Waals surface area contributed by atoms with Crippen LogP contribution >= 0.6 is 0 Å². The lowest BCUT2D eigenvalue weighted by Crippen LogP contribution is -2.26. The van der Waals surface area contributed by atoms with Crippen LogP contribution in [0.3, 0.4) is 0 Å². The van der Waals surface area contributed by atoms with Crippen molar-refractivity contribution in [3.05, 3.63) is 78.2 Å². The summed E-state index contributed by atoms with van der Waals surface area (Å²) in [6, 6.07) is 15.7. The minimum atomic E-state index is -0.0732. The van der Waals surface area contributed by atoms with Crippen molar-refractivity contribution in [3.63, 3.8) is 0 Å². The highest BCUT2D eigenvalue weighted by Gasteiger charge is 2.19. The number of fused-ring (bicyclic) bond motifs is 2. The second kappa shape index (κ2) is 7.04. The Hall–Kier alpha value is -4.13. The van der Waals surface area contributed by atoms with Gasteiger partial charge in [0.15, 0.2) is 0 Å². The molecule has 7 heteroatoms. The molecule has 0 saturated heterocycles. The molecule has 0 spiro atoms. The highest BCUT2D eigenvalue weighted by Crippen LogP contribution is 2.33. The molecule has 3 aromatic heterocycles. The molecular formula is C23H20N6O. The number of nitrogen functional groups attached to an aromatic ring is 1. The monoisotopic (exact) mass is 396 g/mol. The predicted octanol–water partition coefficient (Wildman–Crippen LogP) is 3.96. The van der Waals surface area contributed by atoms with Crippen LogP contribution in [0.2, 0.25) is 0 Å². The van der Waals surface area contributed by atoms with Crippen LogP contribution in [0.4, 0.5) is 5.82 Å². The number of anilines is 1. The topological polar surface area (TPSA) is 104 Å². The normalized spacial score (nSPS) is 11.2. The molecule has 5 rings (SSSR count). The number of nitrogens with zero attached hydrogens (tertiary/aromatic N) is 3. The van der Waals surface area contributed by atoms with Gasteiger partial charge in [0.05, 0.1) is 29.0 Å². The summed E-state index contributed by atoms with van der Waals surface area (Å²) in [6.45, 7) is 0.523. The average Bonchev–Trinajstić information content (AvgIpc) is 3.39. The Kier molecular flexibility index (Phi) is 4.21. The number of aromatic nitrogens is 4. The number of amides is 1. The molecule has 0 unspecified atom stereocenters. The number of carbonyl (C=O) groups is 1. The summed E-state index contributed by atoms with van der Waals surface area (Å²) in [5, 5.41) is 8.96. The predicted molar refractivity (Wildman–Crippen MR) is 118 cm³/mol. The second-order valence-corrected chi connectivity index (χ2v) is 7.36. The van der Waals surface area contributed by atoms with Crippen molar-refractivity contribution in [2.45, 2.75) is 6.54 Å². The van der Waals surface area contributed by atoms with Crippen LogP contribution in [0.5, 0.6) is 0 Å². The first-order chi connectivity index (χ1) is 14.6. The first kappa shape index (κ1) is 17.9. The van der Waals surface area contributed by atoms with E-state index in [0.717, 1.165) is 38.5 Å². The Morgan fingerprint density at radius 3 is 2.80 bits per heavy atom. The number of pyridine rings is 1. The van der Waals surface area contributed by atoms with Gasteiger partial charge in [-0.05, 0) is 29.3 Å². The molecule has 3 heterocycles. The lowest BCUT2D eigenvalue weighted by atomic mass is 9.99. The van der Waals surface area contributed by atoms with Crippen LogP contribution in [-0.2, 0) is 6.54 Å². The summed E-state index contributed by atoms with van der Waals surface area (Å²) in [6.07, 6.45) is 5.36. The molecule has 5 aromatic rings. The minimum absolute atomic E-state index is 0.0732. The Labute approximate surface area is 172 Å². The van der Waals surface area contributed by atoms with Gasteiger partial charge in [0.25, 0.3) is 5.91 Å². The van der Waals surface area contributed by atoms with E-state index in [1.165, 1.54) is 0 Å². The summed E-state index contributed by atoms with van der Waals surface area (Å²) in [5.74, 6) is 0.377. The maximum atomic E-state index is 13.3. The fraction of sp³-hybridized carbons (Fsp3) is 0.0870. The van der Waals surface area contributed by atoms with Gasteiger partial charge < -0.3 is 15.6 Å². The van der Waals surface area contributed by atoms with E-state index in [1.54, 1.807) is 17.3 Å². The molecule has 1 amide bonds. The molecule has 0 saturated carbocycles. The molecule has 0 aliphatic heterocycles. The summed E-state index contributed by atoms with van der Waals surface area (Å²) in [7, 11) is 1.81. The van der Waals surface area contributed by atoms with E-state index >= 15 is 0 Å². The van der Waals surface area contributed by atoms with E-state index in [2.05, 4.69) is 20.2 Å². The number of aromatic amines is 2. The number of rotatable bonds is 4. The summed E-state index contributed by atoms with van der Waals surface area (Å²) >= 11 is 0. The van der Waals surface area contributed by atoms with E-state index in [-0.39, 0.29) is 5.91 Å². The molecule has 0 bridgehead atoms. The minimum Gasteiger partial charge on any atom is -0.384 e. The average molecular weight is 396 g/mol. The van der Waals surface area contributed by atoms with E-state index in [0.29, 0.717) is 17.9 Å². The maximum Gasteiger partial charge on any atom is 0.256 e. The van der Waals surface area contributed by atoms with Crippen LogP contribution in [0.25, 0.3) is 32.9 Å². The van der Waals surface area contributed by atoms with Crippen molar-refractivity contribution in [2.24, 2.45) is 0 Å². The third-order valence-corrected chi connectivity index (χ3v) is 5.29. The van der Waals surface area contributed by atoms with Gasteiger partial charge in [-0.1, -0.05) is 30.3 Å². The van der Waals surface area contributed by atoms with E-state index in [4.69, 9.17) is 5.73 Å². The fourth-order valence-corrected chi connectivity index (χ4v) is 3.79. The van der Waals surface area contributed by atoms with Gasteiger partial charge >= 0.3 is 0 Å². The first-order valence-corrected chi connectivity index (χ1v) is 9.59. The van der Waals surface area contributed by atoms with Gasteiger partial charge in [-0.15, -0.1) is 0 Å². The highest BCUT2D eigenvalue weighted by molar-refractivity contribution is 6.08. The number of carbonyl (C=O) groups excluding carboxylic acids is 1. The van der Waals surface area contributed by atoms with Gasteiger partial charge in [-0.3, -0.25) is 9.89 Å². The van der Waals surface area contributed by atoms with Gasteiger partial charge in [0.2, 0.25) is 0 Å². The zero-order chi connectivity index (χ0) is 20.7. The molecule has 4 N–H and O–H groups in total. The molecule has 0 aliphatic rings. The third-order valence-electron chi connectivity index (χ3n) is 5.29. The Morgan fingerprint density at radius 1 is 1.13 bits per heavy atom. The number of hydrogen-bond donors (Lipinski definition) is 3. The van der Waals surface area contributed by atoms with E-state index in [9.17, 15) is 4.79 Å². The standard InChI is InChI=1S/C23H20N6O/c1-29(13-14-5-3-2-4-6-14)23(30)18-8-15(7-16-10-27-28-22(16)18)19-11-25-20-12-26-21(24)9-17(19)20/h2-12,25H,13H2,1H3,(H2,24,26)(H,27,28). The van der Waals surface area contributed by atoms with E-state index in [1.807, 2.05) is 61.8 Å². The number of benzene rings is 2. The zero-order valence-electron chi connectivity index (χ0n) is 16.4. The molecule has 0 atom stereocenters. The van der Waals surface area contributed by atoms with E-state index < -0.39 is 0 Å². The SMILES string of the molecule is CN(Cc1ccccc1)C(=O)c1cc(-c2c[nH]c3cnc(N)cc23)cc2cn[nH]c12. The fourth-order valence-electron chi connectivity index (χ4n) is 3.79. The van der Waals surface area contributed by atoms with Crippen LogP contribution in [0.1, 0.15) is 15.9 Å². The molecule has 0 radical (unpaired) electrons. The molecule has 2 aromatic carbocycles. The van der Waals surface area contributed by atoms with Crippen molar-refractivity contribution < 1.29 is 4.79 Å².